The van der Waals surface area contributed by atoms with Gasteiger partial charge < -0.3 is 0 Å². The Kier molecular flexibility index (Phi) is 3.23. The summed E-state index contributed by atoms with van der Waals surface area (Å²) in [6.07, 6.45) is 0. The topological polar surface area (TPSA) is 28.1 Å². The maximum atomic E-state index is 8.91. The molecule has 0 saturated heterocycles. The van der Waals surface area contributed by atoms with Crippen LogP contribution in [0, 0.1) is 17.9 Å². The zero-order valence-electron chi connectivity index (χ0n) is 8.81. The van der Waals surface area contributed by atoms with Gasteiger partial charge in [-0.1, -0.05) is 28.1 Å². The first-order valence-electron chi connectivity index (χ1n) is 4.91. The third-order valence-corrected chi connectivity index (χ3v) is 2.88. The number of halogens is 1. The molecule has 0 N–H and O–H groups in total. The standard InChI is InChI=1S/C14H7BrN2/c1-17-14-7-10(9-16)6-12(8-14)11-2-4-13(15)5-3-11/h2-8H. The molecule has 2 aromatic carbocycles. The minimum Gasteiger partial charge on any atom is -0.238 e. The number of nitrogens with zero attached hydrogens (tertiary/aromatic N) is 2. The maximum Gasteiger partial charge on any atom is 0.189 e. The van der Waals surface area contributed by atoms with Crippen LogP contribution in [0.15, 0.2) is 46.9 Å². The van der Waals surface area contributed by atoms with Gasteiger partial charge in [-0.3, -0.25) is 0 Å². The van der Waals surface area contributed by atoms with Gasteiger partial charge in [0.25, 0.3) is 0 Å². The van der Waals surface area contributed by atoms with E-state index in [0.717, 1.165) is 15.6 Å². The van der Waals surface area contributed by atoms with Gasteiger partial charge in [0.15, 0.2) is 5.69 Å². The van der Waals surface area contributed by atoms with Crippen LogP contribution < -0.4 is 0 Å². The molecule has 0 radical (unpaired) electrons. The van der Waals surface area contributed by atoms with Crippen LogP contribution in [-0.2, 0) is 0 Å². The fourth-order valence-electron chi connectivity index (χ4n) is 1.55. The van der Waals surface area contributed by atoms with E-state index in [1.165, 1.54) is 0 Å². The molecule has 80 valence electrons. The van der Waals surface area contributed by atoms with Gasteiger partial charge in [0.05, 0.1) is 12.6 Å². The molecule has 2 nitrogen and oxygen atoms in total. The lowest BCUT2D eigenvalue weighted by molar-refractivity contribution is 1.48. The van der Waals surface area contributed by atoms with E-state index in [9.17, 15) is 0 Å². The highest BCUT2D eigenvalue weighted by Gasteiger charge is 2.02. The van der Waals surface area contributed by atoms with Crippen LogP contribution in [0.4, 0.5) is 5.69 Å². The molecule has 0 aliphatic heterocycles. The van der Waals surface area contributed by atoms with E-state index in [-0.39, 0.29) is 0 Å². The highest BCUT2D eigenvalue weighted by molar-refractivity contribution is 9.10. The average molecular weight is 283 g/mol. The van der Waals surface area contributed by atoms with Crippen LogP contribution in [0.5, 0.6) is 0 Å². The predicted octanol–water partition coefficient (Wildman–Crippen LogP) is 4.54. The van der Waals surface area contributed by atoms with Crippen LogP contribution in [-0.4, -0.2) is 0 Å². The molecule has 0 bridgehead atoms. The molecule has 0 spiro atoms. The summed E-state index contributed by atoms with van der Waals surface area (Å²) in [5, 5.41) is 8.91. The Labute approximate surface area is 108 Å². The molecule has 2 rings (SSSR count). The summed E-state index contributed by atoms with van der Waals surface area (Å²) in [4.78, 5) is 3.37. The molecule has 0 aromatic heterocycles. The third kappa shape index (κ3) is 2.53. The summed E-state index contributed by atoms with van der Waals surface area (Å²) >= 11 is 3.37. The van der Waals surface area contributed by atoms with Crippen molar-refractivity contribution >= 4 is 21.6 Å². The fourth-order valence-corrected chi connectivity index (χ4v) is 1.81. The van der Waals surface area contributed by atoms with E-state index in [2.05, 4.69) is 26.8 Å². The van der Waals surface area contributed by atoms with Gasteiger partial charge >= 0.3 is 0 Å². The molecule has 3 heteroatoms. The van der Waals surface area contributed by atoms with Crippen molar-refractivity contribution in [1.82, 2.24) is 0 Å². The van der Waals surface area contributed by atoms with E-state index in [4.69, 9.17) is 11.8 Å². The Morgan fingerprint density at radius 1 is 1.06 bits per heavy atom. The second-order valence-electron chi connectivity index (χ2n) is 3.50. The Hall–Kier alpha value is -2.10. The molecule has 17 heavy (non-hydrogen) atoms. The van der Waals surface area contributed by atoms with Gasteiger partial charge in [-0.2, -0.15) is 5.26 Å². The highest BCUT2D eigenvalue weighted by atomic mass is 79.9. The first kappa shape index (κ1) is 11.4. The maximum absolute atomic E-state index is 8.91. The minimum atomic E-state index is 0.488. The summed E-state index contributed by atoms with van der Waals surface area (Å²) in [6.45, 7) is 7.02. The van der Waals surface area contributed by atoms with Crippen molar-refractivity contribution in [2.24, 2.45) is 0 Å². The van der Waals surface area contributed by atoms with Crippen LogP contribution >= 0.6 is 15.9 Å². The molecule has 2 aromatic rings. The zero-order valence-corrected chi connectivity index (χ0v) is 10.4. The van der Waals surface area contributed by atoms with Gasteiger partial charge in [-0.05, 0) is 41.5 Å². The largest absolute Gasteiger partial charge is 0.238 e. The lowest BCUT2D eigenvalue weighted by Gasteiger charge is -2.03. The van der Waals surface area contributed by atoms with E-state index in [1.807, 2.05) is 24.3 Å². The lowest BCUT2D eigenvalue weighted by Crippen LogP contribution is -1.80. The van der Waals surface area contributed by atoms with Crippen molar-refractivity contribution in [1.29, 1.82) is 5.26 Å². The van der Waals surface area contributed by atoms with Gasteiger partial charge in [-0.25, -0.2) is 4.85 Å². The van der Waals surface area contributed by atoms with E-state index in [0.29, 0.717) is 11.3 Å². The molecule has 0 aliphatic carbocycles. The smallest absolute Gasteiger partial charge is 0.189 e. The van der Waals surface area contributed by atoms with Gasteiger partial charge in [0.1, 0.15) is 0 Å². The first-order chi connectivity index (χ1) is 8.22. The van der Waals surface area contributed by atoms with Crippen LogP contribution in [0.2, 0.25) is 0 Å². The van der Waals surface area contributed by atoms with E-state index >= 15 is 0 Å². The molecule has 0 aliphatic rings. The molecular formula is C14H7BrN2. The van der Waals surface area contributed by atoms with Crippen molar-refractivity contribution in [2.45, 2.75) is 0 Å². The number of benzene rings is 2. The lowest BCUT2D eigenvalue weighted by atomic mass is 10.0. The first-order valence-corrected chi connectivity index (χ1v) is 5.71. The van der Waals surface area contributed by atoms with Gasteiger partial charge in [-0.15, -0.1) is 0 Å². The number of rotatable bonds is 1. The van der Waals surface area contributed by atoms with E-state index < -0.39 is 0 Å². The number of hydrogen-bond acceptors (Lipinski definition) is 1. The number of hydrogen-bond donors (Lipinski definition) is 0. The Bertz CT molecular complexity index is 599. The van der Waals surface area contributed by atoms with Crippen molar-refractivity contribution < 1.29 is 0 Å². The molecule has 0 heterocycles. The summed E-state index contributed by atoms with van der Waals surface area (Å²) in [5.74, 6) is 0. The number of nitriles is 1. The Balaban J connectivity index is 2.56. The van der Waals surface area contributed by atoms with E-state index in [1.54, 1.807) is 18.2 Å². The SMILES string of the molecule is [C-]#[N+]c1cc(C#N)cc(-c2ccc(Br)cc2)c1. The zero-order chi connectivity index (χ0) is 12.3. The highest BCUT2D eigenvalue weighted by Crippen LogP contribution is 2.27. The Morgan fingerprint density at radius 2 is 1.76 bits per heavy atom. The van der Waals surface area contributed by atoms with Crippen molar-refractivity contribution in [3.8, 4) is 17.2 Å². The molecule has 0 saturated carbocycles. The Morgan fingerprint density at radius 3 is 2.35 bits per heavy atom. The van der Waals surface area contributed by atoms with Crippen LogP contribution in [0.3, 0.4) is 0 Å². The van der Waals surface area contributed by atoms with Crippen molar-refractivity contribution in [3.63, 3.8) is 0 Å². The van der Waals surface area contributed by atoms with Crippen LogP contribution in [0.1, 0.15) is 5.56 Å². The molecule has 0 fully saturated rings. The third-order valence-electron chi connectivity index (χ3n) is 2.35. The van der Waals surface area contributed by atoms with Gasteiger partial charge in [0, 0.05) is 10.0 Å². The fraction of sp³-hybridized carbons (Fsp3) is 0. The second kappa shape index (κ2) is 4.82. The molecular weight excluding hydrogens is 276 g/mol. The molecule has 0 atom stereocenters. The normalized spacial score (nSPS) is 9.35. The summed E-state index contributed by atoms with van der Waals surface area (Å²) in [7, 11) is 0. The predicted molar refractivity (Wildman–Crippen MR) is 70.6 cm³/mol. The molecule has 0 amide bonds. The molecule has 0 unspecified atom stereocenters. The minimum absolute atomic E-state index is 0.488. The second-order valence-corrected chi connectivity index (χ2v) is 4.41. The van der Waals surface area contributed by atoms with Gasteiger partial charge in [0.2, 0.25) is 0 Å². The van der Waals surface area contributed by atoms with Crippen LogP contribution in [0.25, 0.3) is 16.0 Å². The summed E-state index contributed by atoms with van der Waals surface area (Å²) < 4.78 is 1.00. The van der Waals surface area contributed by atoms with Crippen molar-refractivity contribution in [2.75, 3.05) is 0 Å². The van der Waals surface area contributed by atoms with Crippen molar-refractivity contribution in [3.05, 3.63) is 63.9 Å². The summed E-state index contributed by atoms with van der Waals surface area (Å²) in [6, 6.07) is 15.0. The average Bonchev–Trinajstić information content (AvgIpc) is 2.39. The monoisotopic (exact) mass is 282 g/mol. The quantitative estimate of drug-likeness (QED) is 0.706. The summed E-state index contributed by atoms with van der Waals surface area (Å²) in [5.41, 5.74) is 2.89.